The molecule has 0 unspecified atom stereocenters. The Morgan fingerprint density at radius 1 is 1.04 bits per heavy atom. The second kappa shape index (κ2) is 6.51. The number of ketones is 1. The predicted octanol–water partition coefficient (Wildman–Crippen LogP) is 3.40. The van der Waals surface area contributed by atoms with Gasteiger partial charge in [0.05, 0.1) is 11.5 Å². The summed E-state index contributed by atoms with van der Waals surface area (Å²) in [6.45, 7) is 5.25. The van der Waals surface area contributed by atoms with Crippen LogP contribution in [0.5, 0.6) is 0 Å². The lowest BCUT2D eigenvalue weighted by Crippen LogP contribution is -2.14. The summed E-state index contributed by atoms with van der Waals surface area (Å²) in [5, 5.41) is 2.76. The van der Waals surface area contributed by atoms with Crippen molar-refractivity contribution in [2.75, 3.05) is 11.9 Å². The molecule has 0 aliphatic carbocycles. The lowest BCUT2D eigenvalue weighted by atomic mass is 9.99. The van der Waals surface area contributed by atoms with Gasteiger partial charge in [-0.2, -0.15) is 0 Å². The predicted molar refractivity (Wildman–Crippen MR) is 94.0 cm³/mol. The number of benzene rings is 2. The van der Waals surface area contributed by atoms with Gasteiger partial charge in [-0.05, 0) is 56.7 Å². The minimum atomic E-state index is -0.522. The van der Waals surface area contributed by atoms with E-state index in [0.717, 1.165) is 22.4 Å². The van der Waals surface area contributed by atoms with Gasteiger partial charge < -0.3 is 10.1 Å². The highest BCUT2D eigenvalue weighted by atomic mass is 16.5. The third-order valence-corrected chi connectivity index (χ3v) is 4.28. The maximum absolute atomic E-state index is 12.3. The first-order valence-corrected chi connectivity index (χ1v) is 8.08. The number of esters is 1. The highest BCUT2D eigenvalue weighted by Gasteiger charge is 2.27. The van der Waals surface area contributed by atoms with Crippen LogP contribution in [-0.2, 0) is 9.53 Å². The van der Waals surface area contributed by atoms with E-state index >= 15 is 0 Å². The van der Waals surface area contributed by atoms with Gasteiger partial charge >= 0.3 is 5.97 Å². The zero-order chi connectivity index (χ0) is 18.1. The summed E-state index contributed by atoms with van der Waals surface area (Å²) in [7, 11) is 0. The number of rotatable bonds is 4. The Morgan fingerprint density at radius 2 is 1.72 bits per heavy atom. The first kappa shape index (κ1) is 16.9. The van der Waals surface area contributed by atoms with Crippen LogP contribution in [-0.4, -0.2) is 24.3 Å². The summed E-state index contributed by atoms with van der Waals surface area (Å²) in [5.74, 6) is -1.19. The number of fused-ring (bicyclic) bond motifs is 1. The quantitative estimate of drug-likeness (QED) is 0.685. The molecule has 2 aromatic rings. The van der Waals surface area contributed by atoms with E-state index in [1.54, 1.807) is 37.3 Å². The van der Waals surface area contributed by atoms with Crippen LogP contribution in [0.15, 0.2) is 36.4 Å². The smallest absolute Gasteiger partial charge is 0.338 e. The first-order valence-electron chi connectivity index (χ1n) is 8.08. The Morgan fingerprint density at radius 3 is 2.40 bits per heavy atom. The van der Waals surface area contributed by atoms with Gasteiger partial charge in [-0.3, -0.25) is 9.59 Å². The van der Waals surface area contributed by atoms with Crippen molar-refractivity contribution in [3.63, 3.8) is 0 Å². The second-order valence-corrected chi connectivity index (χ2v) is 6.39. The second-order valence-electron chi connectivity index (χ2n) is 6.39. The largest absolute Gasteiger partial charge is 0.454 e. The normalized spacial score (nSPS) is 15.5. The molecule has 1 aliphatic rings. The molecule has 5 nitrogen and oxygen atoms in total. The number of hydrogen-bond acceptors (Lipinski definition) is 4. The monoisotopic (exact) mass is 337 g/mol. The van der Waals surface area contributed by atoms with Gasteiger partial charge in [0.15, 0.2) is 12.4 Å². The molecule has 0 fully saturated rings. The van der Waals surface area contributed by atoms with Crippen LogP contribution in [0.4, 0.5) is 5.69 Å². The summed E-state index contributed by atoms with van der Waals surface area (Å²) < 4.78 is 5.15. The Hall–Kier alpha value is -2.95. The minimum absolute atomic E-state index is 0.0826. The van der Waals surface area contributed by atoms with E-state index in [0.29, 0.717) is 11.1 Å². The number of carbonyl (C=O) groups is 3. The average Bonchev–Trinajstić information content (AvgIpc) is 2.85. The van der Waals surface area contributed by atoms with Crippen molar-refractivity contribution in [3.8, 4) is 0 Å². The van der Waals surface area contributed by atoms with Crippen LogP contribution in [0.3, 0.4) is 0 Å². The summed E-state index contributed by atoms with van der Waals surface area (Å²) in [4.78, 5) is 36.1. The molecule has 1 N–H and O–H groups in total. The lowest BCUT2D eigenvalue weighted by Gasteiger charge is -2.08. The van der Waals surface area contributed by atoms with Gasteiger partial charge in [0.25, 0.3) is 0 Å². The number of ether oxygens (including phenoxy) is 1. The molecule has 0 saturated carbocycles. The Kier molecular flexibility index (Phi) is 4.40. The lowest BCUT2D eigenvalue weighted by molar-refractivity contribution is -0.116. The number of amides is 1. The summed E-state index contributed by atoms with van der Waals surface area (Å²) in [6, 6.07) is 10.4. The molecule has 25 heavy (non-hydrogen) atoms. The molecule has 128 valence electrons. The Labute approximate surface area is 146 Å². The van der Waals surface area contributed by atoms with Gasteiger partial charge in [0.2, 0.25) is 5.91 Å². The van der Waals surface area contributed by atoms with Crippen molar-refractivity contribution in [1.29, 1.82) is 0 Å². The maximum atomic E-state index is 12.3. The summed E-state index contributed by atoms with van der Waals surface area (Å²) in [6.07, 6.45) is 0. The van der Waals surface area contributed by atoms with Gasteiger partial charge in [-0.25, -0.2) is 4.79 Å². The fraction of sp³-hybridized carbons (Fsp3) is 0.250. The van der Waals surface area contributed by atoms with E-state index in [1.807, 2.05) is 19.9 Å². The van der Waals surface area contributed by atoms with Crippen molar-refractivity contribution in [1.82, 2.24) is 0 Å². The molecule has 5 heteroatoms. The van der Waals surface area contributed by atoms with E-state index in [2.05, 4.69) is 5.32 Å². The van der Waals surface area contributed by atoms with E-state index in [-0.39, 0.29) is 24.2 Å². The van der Waals surface area contributed by atoms with E-state index in [9.17, 15) is 14.4 Å². The van der Waals surface area contributed by atoms with Crippen molar-refractivity contribution < 1.29 is 19.1 Å². The molecule has 0 radical (unpaired) electrons. The number of carbonyl (C=O) groups excluding carboxylic acids is 3. The topological polar surface area (TPSA) is 72.5 Å². The van der Waals surface area contributed by atoms with Gasteiger partial charge in [-0.1, -0.05) is 17.2 Å². The molecule has 2 aromatic carbocycles. The molecule has 0 bridgehead atoms. The van der Waals surface area contributed by atoms with Crippen LogP contribution in [0.25, 0.3) is 0 Å². The first-order chi connectivity index (χ1) is 11.8. The molecule has 1 amide bonds. The van der Waals surface area contributed by atoms with Gasteiger partial charge in [0.1, 0.15) is 0 Å². The van der Waals surface area contributed by atoms with Crippen LogP contribution in [0.1, 0.15) is 50.2 Å². The molecule has 1 atom stereocenters. The van der Waals surface area contributed by atoms with Gasteiger partial charge in [-0.15, -0.1) is 0 Å². The summed E-state index contributed by atoms with van der Waals surface area (Å²) >= 11 is 0. The van der Waals surface area contributed by atoms with E-state index in [4.69, 9.17) is 4.74 Å². The van der Waals surface area contributed by atoms with E-state index < -0.39 is 5.97 Å². The third kappa shape index (κ3) is 3.45. The zero-order valence-corrected chi connectivity index (χ0v) is 14.4. The van der Waals surface area contributed by atoms with Crippen molar-refractivity contribution in [3.05, 3.63) is 64.2 Å². The van der Waals surface area contributed by atoms with Crippen molar-refractivity contribution in [2.24, 2.45) is 0 Å². The standard InChI is InChI=1S/C20H19NO4/c1-11-6-12(2)8-15(7-11)20(24)25-10-18(22)14-4-5-17-16(9-14)13(3)19(23)21-17/h4-9,13H,10H2,1-3H3,(H,21,23)/t13-/m1/s1. The van der Waals surface area contributed by atoms with Crippen LogP contribution in [0.2, 0.25) is 0 Å². The number of hydrogen-bond donors (Lipinski definition) is 1. The molecular weight excluding hydrogens is 318 g/mol. The maximum Gasteiger partial charge on any atom is 0.338 e. The fourth-order valence-corrected chi connectivity index (χ4v) is 2.98. The van der Waals surface area contributed by atoms with Crippen LogP contribution >= 0.6 is 0 Å². The minimum Gasteiger partial charge on any atom is -0.454 e. The summed E-state index contributed by atoms with van der Waals surface area (Å²) in [5.41, 5.74) is 4.29. The fourth-order valence-electron chi connectivity index (χ4n) is 2.98. The highest BCUT2D eigenvalue weighted by molar-refractivity contribution is 6.05. The number of nitrogens with one attached hydrogen (secondary N) is 1. The van der Waals surface area contributed by atoms with Crippen molar-refractivity contribution in [2.45, 2.75) is 26.7 Å². The molecule has 3 rings (SSSR count). The van der Waals surface area contributed by atoms with Gasteiger partial charge in [0, 0.05) is 11.3 Å². The van der Waals surface area contributed by atoms with Crippen LogP contribution < -0.4 is 5.32 Å². The zero-order valence-electron chi connectivity index (χ0n) is 14.4. The molecule has 1 aliphatic heterocycles. The molecule has 0 saturated heterocycles. The molecule has 0 spiro atoms. The number of Topliss-reactive ketones (excluding diaryl/α,β-unsaturated/α-hetero) is 1. The SMILES string of the molecule is Cc1cc(C)cc(C(=O)OCC(=O)c2ccc3c(c2)[C@@H](C)C(=O)N3)c1. The third-order valence-electron chi connectivity index (χ3n) is 4.28. The molecule has 1 heterocycles. The Balaban J connectivity index is 1.69. The number of anilines is 1. The van der Waals surface area contributed by atoms with E-state index in [1.165, 1.54) is 0 Å². The number of aryl methyl sites for hydroxylation is 2. The van der Waals surface area contributed by atoms with Crippen LogP contribution in [0, 0.1) is 13.8 Å². The van der Waals surface area contributed by atoms with Crippen molar-refractivity contribution >= 4 is 23.3 Å². The molecule has 0 aromatic heterocycles. The highest BCUT2D eigenvalue weighted by Crippen LogP contribution is 2.32. The average molecular weight is 337 g/mol. The molecular formula is C20H19NO4. The Bertz CT molecular complexity index is 865.